The first-order valence-corrected chi connectivity index (χ1v) is 8.50. The predicted molar refractivity (Wildman–Crippen MR) is 105 cm³/mol. The van der Waals surface area contributed by atoms with E-state index in [0.717, 1.165) is 21.6 Å². The molecule has 5 nitrogen and oxygen atoms in total. The highest BCUT2D eigenvalue weighted by Gasteiger charge is 2.11. The normalized spacial score (nSPS) is 10.0. The zero-order valence-electron chi connectivity index (χ0n) is 13.7. The van der Waals surface area contributed by atoms with Crippen LogP contribution in [-0.4, -0.2) is 25.9 Å². The minimum Gasteiger partial charge on any atom is -0.495 e. The molecule has 0 heterocycles. The van der Waals surface area contributed by atoms with Crippen molar-refractivity contribution < 1.29 is 14.2 Å². The maximum atomic E-state index is 5.48. The first-order valence-electron chi connectivity index (χ1n) is 7.29. The third-order valence-electron chi connectivity index (χ3n) is 3.11. The molecule has 0 fully saturated rings. The lowest BCUT2D eigenvalue weighted by Crippen LogP contribution is -2.19. The van der Waals surface area contributed by atoms with Crippen LogP contribution in [0.3, 0.4) is 0 Å². The van der Waals surface area contributed by atoms with E-state index in [1.807, 2.05) is 43.3 Å². The van der Waals surface area contributed by atoms with Gasteiger partial charge in [-0.15, -0.1) is 0 Å². The van der Waals surface area contributed by atoms with Gasteiger partial charge in [-0.05, 0) is 47.2 Å². The molecule has 0 unspecified atom stereocenters. The zero-order chi connectivity index (χ0) is 17.5. The molecular formula is C17H19BrN2O3S. The quantitative estimate of drug-likeness (QED) is 0.674. The van der Waals surface area contributed by atoms with Crippen LogP contribution in [0.25, 0.3) is 0 Å². The largest absolute Gasteiger partial charge is 0.495 e. The van der Waals surface area contributed by atoms with E-state index in [1.54, 1.807) is 14.2 Å². The molecule has 0 saturated heterocycles. The van der Waals surface area contributed by atoms with Crippen molar-refractivity contribution in [3.8, 4) is 17.2 Å². The molecule has 24 heavy (non-hydrogen) atoms. The molecule has 7 heteroatoms. The number of halogens is 1. The minimum atomic E-state index is 0.454. The molecule has 0 aliphatic heterocycles. The molecule has 2 aromatic rings. The predicted octanol–water partition coefficient (Wildman–Crippen LogP) is 4.67. The van der Waals surface area contributed by atoms with Gasteiger partial charge in [-0.2, -0.15) is 0 Å². The van der Waals surface area contributed by atoms with Crippen LogP contribution in [0.2, 0.25) is 0 Å². The summed E-state index contributed by atoms with van der Waals surface area (Å²) in [6.45, 7) is 2.56. The molecular weight excluding hydrogens is 392 g/mol. The first kappa shape index (κ1) is 18.4. The van der Waals surface area contributed by atoms with Crippen LogP contribution in [0.15, 0.2) is 40.9 Å². The molecule has 2 rings (SSSR count). The highest BCUT2D eigenvalue weighted by Crippen LogP contribution is 2.37. The Morgan fingerprint density at radius 2 is 1.67 bits per heavy atom. The average Bonchev–Trinajstić information content (AvgIpc) is 2.56. The van der Waals surface area contributed by atoms with E-state index in [9.17, 15) is 0 Å². The summed E-state index contributed by atoms with van der Waals surface area (Å²) in [6, 6.07) is 11.3. The van der Waals surface area contributed by atoms with Gasteiger partial charge in [0, 0.05) is 29.6 Å². The Morgan fingerprint density at radius 3 is 2.25 bits per heavy atom. The van der Waals surface area contributed by atoms with Gasteiger partial charge in [-0.1, -0.05) is 6.07 Å². The lowest BCUT2D eigenvalue weighted by atomic mass is 10.2. The van der Waals surface area contributed by atoms with Crippen molar-refractivity contribution in [2.45, 2.75) is 6.92 Å². The van der Waals surface area contributed by atoms with E-state index < -0.39 is 0 Å². The number of nitrogens with one attached hydrogen (secondary N) is 2. The molecule has 0 saturated carbocycles. The van der Waals surface area contributed by atoms with Crippen molar-refractivity contribution >= 4 is 44.6 Å². The van der Waals surface area contributed by atoms with Crippen molar-refractivity contribution in [3.05, 3.63) is 40.9 Å². The summed E-state index contributed by atoms with van der Waals surface area (Å²) in [6.07, 6.45) is 0. The average molecular weight is 411 g/mol. The maximum Gasteiger partial charge on any atom is 0.175 e. The summed E-state index contributed by atoms with van der Waals surface area (Å²) >= 11 is 8.80. The van der Waals surface area contributed by atoms with Crippen molar-refractivity contribution in [1.29, 1.82) is 0 Å². The van der Waals surface area contributed by atoms with Crippen LogP contribution in [0, 0.1) is 0 Å². The Bertz CT molecular complexity index is 700. The SMILES string of the molecule is CCOc1cccc(NC(=S)Nc2cc(OC)c(Br)c(OC)c2)c1. The standard InChI is InChI=1S/C17H19BrN2O3S/c1-4-23-13-7-5-6-11(8-13)19-17(24)20-12-9-14(21-2)16(18)15(10-12)22-3/h5-10H,4H2,1-3H3,(H2,19,20,24). The number of thiocarbonyl (C=S) groups is 1. The zero-order valence-corrected chi connectivity index (χ0v) is 16.1. The lowest BCUT2D eigenvalue weighted by Gasteiger charge is -2.15. The molecule has 0 bridgehead atoms. The van der Waals surface area contributed by atoms with Gasteiger partial charge in [0.25, 0.3) is 0 Å². The van der Waals surface area contributed by atoms with Crippen LogP contribution in [0.1, 0.15) is 6.92 Å². The number of anilines is 2. The van der Waals surface area contributed by atoms with Gasteiger partial charge < -0.3 is 24.8 Å². The Kier molecular flexibility index (Phi) is 6.69. The topological polar surface area (TPSA) is 51.8 Å². The van der Waals surface area contributed by atoms with Crippen molar-refractivity contribution in [3.63, 3.8) is 0 Å². The van der Waals surface area contributed by atoms with Gasteiger partial charge in [-0.25, -0.2) is 0 Å². The van der Waals surface area contributed by atoms with E-state index in [0.29, 0.717) is 23.2 Å². The molecule has 0 spiro atoms. The summed E-state index contributed by atoms with van der Waals surface area (Å²) in [5.74, 6) is 2.09. The van der Waals surface area contributed by atoms with Gasteiger partial charge in [-0.3, -0.25) is 0 Å². The van der Waals surface area contributed by atoms with Crippen molar-refractivity contribution in [1.82, 2.24) is 0 Å². The second-order valence-corrected chi connectivity index (χ2v) is 5.94. The molecule has 2 N–H and O–H groups in total. The summed E-state index contributed by atoms with van der Waals surface area (Å²) < 4.78 is 16.9. The third-order valence-corrected chi connectivity index (χ3v) is 4.09. The van der Waals surface area contributed by atoms with Crippen LogP contribution >= 0.6 is 28.1 Å². The fourth-order valence-corrected chi connectivity index (χ4v) is 2.85. The monoisotopic (exact) mass is 410 g/mol. The van der Waals surface area contributed by atoms with Crippen LogP contribution in [0.5, 0.6) is 17.2 Å². The fourth-order valence-electron chi connectivity index (χ4n) is 2.07. The van der Waals surface area contributed by atoms with Crippen LogP contribution < -0.4 is 24.8 Å². The fraction of sp³-hybridized carbons (Fsp3) is 0.235. The van der Waals surface area contributed by atoms with Crippen LogP contribution in [0.4, 0.5) is 11.4 Å². The van der Waals surface area contributed by atoms with Crippen molar-refractivity contribution in [2.75, 3.05) is 31.5 Å². The summed E-state index contributed by atoms with van der Waals surface area (Å²) in [5.41, 5.74) is 1.60. The Morgan fingerprint density at radius 1 is 1.04 bits per heavy atom. The summed E-state index contributed by atoms with van der Waals surface area (Å²) in [4.78, 5) is 0. The van der Waals surface area contributed by atoms with Gasteiger partial charge >= 0.3 is 0 Å². The summed E-state index contributed by atoms with van der Waals surface area (Å²) in [5, 5.41) is 6.70. The number of ether oxygens (including phenoxy) is 3. The number of benzene rings is 2. The molecule has 0 aliphatic rings. The second-order valence-electron chi connectivity index (χ2n) is 4.73. The number of hydrogen-bond donors (Lipinski definition) is 2. The molecule has 0 aliphatic carbocycles. The minimum absolute atomic E-state index is 0.454. The van der Waals surface area contributed by atoms with E-state index in [-0.39, 0.29) is 0 Å². The van der Waals surface area contributed by atoms with E-state index in [2.05, 4.69) is 26.6 Å². The molecule has 2 aromatic carbocycles. The molecule has 0 amide bonds. The Labute approximate surface area is 155 Å². The van der Waals surface area contributed by atoms with E-state index in [4.69, 9.17) is 26.4 Å². The number of rotatable bonds is 6. The second kappa shape index (κ2) is 8.75. The Balaban J connectivity index is 2.11. The van der Waals surface area contributed by atoms with Gasteiger partial charge in [0.05, 0.1) is 20.8 Å². The number of hydrogen-bond acceptors (Lipinski definition) is 4. The van der Waals surface area contributed by atoms with Crippen LogP contribution in [-0.2, 0) is 0 Å². The highest BCUT2D eigenvalue weighted by atomic mass is 79.9. The van der Waals surface area contributed by atoms with Gasteiger partial charge in [0.15, 0.2) is 5.11 Å². The molecule has 0 radical (unpaired) electrons. The maximum absolute atomic E-state index is 5.48. The number of methoxy groups -OCH3 is 2. The molecule has 0 aromatic heterocycles. The molecule has 128 valence electrons. The van der Waals surface area contributed by atoms with Gasteiger partial charge in [0.2, 0.25) is 0 Å². The smallest absolute Gasteiger partial charge is 0.175 e. The van der Waals surface area contributed by atoms with E-state index >= 15 is 0 Å². The molecule has 0 atom stereocenters. The Hall–Kier alpha value is -1.99. The lowest BCUT2D eigenvalue weighted by molar-refractivity contribution is 0.340. The van der Waals surface area contributed by atoms with E-state index in [1.165, 1.54) is 0 Å². The first-order chi connectivity index (χ1) is 11.6. The highest BCUT2D eigenvalue weighted by molar-refractivity contribution is 9.10. The van der Waals surface area contributed by atoms with Gasteiger partial charge in [0.1, 0.15) is 21.7 Å². The van der Waals surface area contributed by atoms with Crippen molar-refractivity contribution in [2.24, 2.45) is 0 Å². The summed E-state index contributed by atoms with van der Waals surface area (Å²) in [7, 11) is 3.19. The third kappa shape index (κ3) is 4.75.